The first-order valence-electron chi connectivity index (χ1n) is 6.05. The van der Waals surface area contributed by atoms with Crippen LogP contribution in [-0.2, 0) is 4.79 Å². The molecule has 2 atom stereocenters. The number of nitrogens with one attached hydrogen (secondary N) is 1. The minimum absolute atomic E-state index is 0.101. The number of nitro groups is 1. The van der Waals surface area contributed by atoms with Crippen molar-refractivity contribution in [2.24, 2.45) is 5.92 Å². The highest BCUT2D eigenvalue weighted by Crippen LogP contribution is 2.28. The fourth-order valence-corrected chi connectivity index (χ4v) is 2.66. The van der Waals surface area contributed by atoms with Crippen molar-refractivity contribution in [1.29, 1.82) is 0 Å². The second-order valence-electron chi connectivity index (χ2n) is 4.54. The van der Waals surface area contributed by atoms with Crippen molar-refractivity contribution in [1.82, 2.24) is 5.32 Å². The second-order valence-corrected chi connectivity index (χ2v) is 5.33. The summed E-state index contributed by atoms with van der Waals surface area (Å²) >= 11 is 3.05. The van der Waals surface area contributed by atoms with Crippen LogP contribution >= 0.6 is 15.9 Å². The second kappa shape index (κ2) is 6.04. The molecule has 0 bridgehead atoms. The van der Waals surface area contributed by atoms with Gasteiger partial charge in [-0.3, -0.25) is 19.7 Å². The summed E-state index contributed by atoms with van der Waals surface area (Å²) in [7, 11) is 0. The van der Waals surface area contributed by atoms with Crippen LogP contribution in [-0.4, -0.2) is 27.9 Å². The SMILES string of the molecule is O=C(NC1C=CC(C(=O)O)C1)c1cccc([N+](=O)[O-])c1Br. The Hall–Kier alpha value is -2.22. The Kier molecular flexibility index (Phi) is 4.37. The van der Waals surface area contributed by atoms with Gasteiger partial charge in [0.15, 0.2) is 0 Å². The Morgan fingerprint density at radius 3 is 2.67 bits per heavy atom. The van der Waals surface area contributed by atoms with Crippen molar-refractivity contribution in [2.45, 2.75) is 12.5 Å². The zero-order chi connectivity index (χ0) is 15.6. The van der Waals surface area contributed by atoms with Crippen LogP contribution in [0.15, 0.2) is 34.8 Å². The number of amides is 1. The first kappa shape index (κ1) is 15.2. The van der Waals surface area contributed by atoms with E-state index in [9.17, 15) is 19.7 Å². The molecular formula is C13H11BrN2O5. The summed E-state index contributed by atoms with van der Waals surface area (Å²) in [5.41, 5.74) is -0.0654. The molecule has 0 saturated heterocycles. The normalized spacial score (nSPS) is 20.2. The third-order valence-electron chi connectivity index (χ3n) is 3.14. The molecule has 7 nitrogen and oxygen atoms in total. The van der Waals surface area contributed by atoms with Crippen LogP contribution < -0.4 is 5.32 Å². The van der Waals surface area contributed by atoms with Gasteiger partial charge in [0.1, 0.15) is 4.47 Å². The number of benzene rings is 1. The molecule has 1 aliphatic carbocycles. The number of halogens is 1. The Morgan fingerprint density at radius 2 is 2.10 bits per heavy atom. The average Bonchev–Trinajstić information content (AvgIpc) is 2.87. The monoisotopic (exact) mass is 354 g/mol. The van der Waals surface area contributed by atoms with E-state index in [1.807, 2.05) is 0 Å². The average molecular weight is 355 g/mol. The Morgan fingerprint density at radius 1 is 1.38 bits per heavy atom. The lowest BCUT2D eigenvalue weighted by Crippen LogP contribution is -2.33. The summed E-state index contributed by atoms with van der Waals surface area (Å²) in [5.74, 6) is -2.06. The predicted octanol–water partition coefficient (Wildman–Crippen LogP) is 2.12. The number of nitro benzene ring substituents is 1. The molecule has 0 radical (unpaired) electrons. The molecule has 2 N–H and O–H groups in total. The first-order valence-corrected chi connectivity index (χ1v) is 6.84. The van der Waals surface area contributed by atoms with Crippen LogP contribution in [0.2, 0.25) is 0 Å². The molecule has 1 amide bonds. The van der Waals surface area contributed by atoms with Crippen molar-refractivity contribution in [3.8, 4) is 0 Å². The minimum atomic E-state index is -0.945. The van der Waals surface area contributed by atoms with Gasteiger partial charge in [0.25, 0.3) is 11.6 Å². The largest absolute Gasteiger partial charge is 0.481 e. The quantitative estimate of drug-likeness (QED) is 0.488. The van der Waals surface area contributed by atoms with Gasteiger partial charge in [0.2, 0.25) is 0 Å². The summed E-state index contributed by atoms with van der Waals surface area (Å²) in [6.07, 6.45) is 3.41. The molecule has 0 saturated carbocycles. The molecule has 2 unspecified atom stereocenters. The lowest BCUT2D eigenvalue weighted by Gasteiger charge is -2.13. The maximum Gasteiger partial charge on any atom is 0.310 e. The summed E-state index contributed by atoms with van der Waals surface area (Å²) in [5, 5.41) is 22.3. The first-order chi connectivity index (χ1) is 9.90. The predicted molar refractivity (Wildman–Crippen MR) is 76.9 cm³/mol. The number of carboxylic acid groups (broad SMARTS) is 1. The summed E-state index contributed by atoms with van der Waals surface area (Å²) < 4.78 is 0.101. The van der Waals surface area contributed by atoms with Crippen LogP contribution in [0.5, 0.6) is 0 Å². The van der Waals surface area contributed by atoms with E-state index < -0.39 is 28.8 Å². The molecule has 2 rings (SSSR count). The van der Waals surface area contributed by atoms with Crippen LogP contribution in [0.4, 0.5) is 5.69 Å². The lowest BCUT2D eigenvalue weighted by atomic mass is 10.1. The van der Waals surface area contributed by atoms with E-state index in [0.29, 0.717) is 0 Å². The number of hydrogen-bond donors (Lipinski definition) is 2. The number of carboxylic acids is 1. The van der Waals surface area contributed by atoms with E-state index in [2.05, 4.69) is 21.2 Å². The molecule has 110 valence electrons. The van der Waals surface area contributed by atoms with Gasteiger partial charge in [-0.1, -0.05) is 18.2 Å². The van der Waals surface area contributed by atoms with Gasteiger partial charge < -0.3 is 10.4 Å². The highest BCUT2D eigenvalue weighted by atomic mass is 79.9. The van der Waals surface area contributed by atoms with Crippen LogP contribution in [0.25, 0.3) is 0 Å². The van der Waals surface area contributed by atoms with Crippen molar-refractivity contribution >= 4 is 33.5 Å². The van der Waals surface area contributed by atoms with E-state index >= 15 is 0 Å². The number of carbonyl (C=O) groups excluding carboxylic acids is 1. The Bertz CT molecular complexity index is 643. The fourth-order valence-electron chi connectivity index (χ4n) is 2.07. The highest BCUT2D eigenvalue weighted by Gasteiger charge is 2.27. The molecule has 8 heteroatoms. The van der Waals surface area contributed by atoms with E-state index in [-0.39, 0.29) is 22.1 Å². The van der Waals surface area contributed by atoms with Gasteiger partial charge in [0, 0.05) is 12.1 Å². The Balaban J connectivity index is 2.12. The minimum Gasteiger partial charge on any atom is -0.481 e. The molecule has 0 aliphatic heterocycles. The lowest BCUT2D eigenvalue weighted by molar-refractivity contribution is -0.385. The fraction of sp³-hybridized carbons (Fsp3) is 0.231. The topological polar surface area (TPSA) is 110 Å². The molecule has 0 aromatic heterocycles. The zero-order valence-corrected chi connectivity index (χ0v) is 12.2. The standard InChI is InChI=1S/C13H11BrN2O5/c14-11-9(2-1-3-10(11)16(20)21)12(17)15-8-5-4-7(6-8)13(18)19/h1-5,7-8H,6H2,(H,15,17)(H,18,19). The van der Waals surface area contributed by atoms with E-state index in [1.54, 1.807) is 6.08 Å². The van der Waals surface area contributed by atoms with Crippen molar-refractivity contribution in [3.63, 3.8) is 0 Å². The molecule has 0 spiro atoms. The van der Waals surface area contributed by atoms with Crippen LogP contribution in [0, 0.1) is 16.0 Å². The smallest absolute Gasteiger partial charge is 0.310 e. The van der Waals surface area contributed by atoms with Gasteiger partial charge >= 0.3 is 5.97 Å². The number of hydrogen-bond acceptors (Lipinski definition) is 4. The van der Waals surface area contributed by atoms with Crippen LogP contribution in [0.1, 0.15) is 16.8 Å². The van der Waals surface area contributed by atoms with Crippen molar-refractivity contribution in [2.75, 3.05) is 0 Å². The number of nitrogens with zero attached hydrogens (tertiary/aromatic N) is 1. The van der Waals surface area contributed by atoms with Gasteiger partial charge in [-0.25, -0.2) is 0 Å². The summed E-state index contributed by atoms with van der Waals surface area (Å²) in [6.45, 7) is 0. The highest BCUT2D eigenvalue weighted by molar-refractivity contribution is 9.10. The van der Waals surface area contributed by atoms with Crippen LogP contribution in [0.3, 0.4) is 0 Å². The summed E-state index contributed by atoms with van der Waals surface area (Å²) in [6, 6.07) is 3.77. The molecule has 1 aromatic carbocycles. The molecule has 1 aliphatic rings. The molecule has 1 aromatic rings. The van der Waals surface area contributed by atoms with E-state index in [0.717, 1.165) is 0 Å². The van der Waals surface area contributed by atoms with Gasteiger partial charge in [-0.2, -0.15) is 0 Å². The maximum atomic E-state index is 12.1. The molecule has 0 fully saturated rings. The van der Waals surface area contributed by atoms with Gasteiger partial charge in [-0.05, 0) is 28.4 Å². The van der Waals surface area contributed by atoms with Gasteiger partial charge in [-0.15, -0.1) is 0 Å². The Labute approximate surface area is 127 Å². The molecule has 21 heavy (non-hydrogen) atoms. The molecule has 0 heterocycles. The third kappa shape index (κ3) is 3.27. The van der Waals surface area contributed by atoms with Gasteiger partial charge in [0.05, 0.1) is 16.4 Å². The summed E-state index contributed by atoms with van der Waals surface area (Å²) in [4.78, 5) is 33.2. The van der Waals surface area contributed by atoms with Crippen molar-refractivity contribution in [3.05, 3.63) is 50.5 Å². The number of rotatable bonds is 4. The number of aliphatic carboxylic acids is 1. The number of carbonyl (C=O) groups is 2. The maximum absolute atomic E-state index is 12.1. The van der Waals surface area contributed by atoms with Crippen molar-refractivity contribution < 1.29 is 19.6 Å². The zero-order valence-electron chi connectivity index (χ0n) is 10.7. The van der Waals surface area contributed by atoms with E-state index in [1.165, 1.54) is 24.3 Å². The molecular weight excluding hydrogens is 344 g/mol. The third-order valence-corrected chi connectivity index (χ3v) is 3.97. The van der Waals surface area contributed by atoms with E-state index in [4.69, 9.17) is 5.11 Å².